The van der Waals surface area contributed by atoms with Crippen molar-refractivity contribution in [3.05, 3.63) is 11.1 Å². The van der Waals surface area contributed by atoms with Gasteiger partial charge in [-0.25, -0.2) is 9.78 Å². The normalized spacial score (nSPS) is 21.8. The molecular weight excluding hydrogens is 294 g/mol. The van der Waals surface area contributed by atoms with Gasteiger partial charge in [-0.1, -0.05) is 0 Å². The third-order valence-corrected chi connectivity index (χ3v) is 4.28. The highest BCUT2D eigenvalue weighted by Crippen LogP contribution is 2.24. The number of amides is 2. The Morgan fingerprint density at radius 3 is 2.76 bits per heavy atom. The number of carboxylic acid groups (broad SMARTS) is 1. The maximum absolute atomic E-state index is 11.9. The molecule has 116 valence electrons. The van der Waals surface area contributed by atoms with Crippen molar-refractivity contribution >= 4 is 28.5 Å². The number of aliphatic carboxylic acids is 1. The number of carboxylic acids is 1. The largest absolute Gasteiger partial charge is 0.481 e. The lowest BCUT2D eigenvalue weighted by Gasteiger charge is -2.26. The van der Waals surface area contributed by atoms with Gasteiger partial charge in [0, 0.05) is 18.5 Å². The van der Waals surface area contributed by atoms with E-state index >= 15 is 0 Å². The molecule has 2 amide bonds. The molecule has 0 radical (unpaired) electrons. The number of ether oxygens (including phenoxy) is 1. The molecule has 7 nitrogen and oxygen atoms in total. The predicted molar refractivity (Wildman–Crippen MR) is 78.4 cm³/mol. The zero-order chi connectivity index (χ0) is 15.2. The first-order chi connectivity index (χ1) is 10.1. The number of hydrogen-bond acceptors (Lipinski definition) is 5. The Hall–Kier alpha value is -1.67. The summed E-state index contributed by atoms with van der Waals surface area (Å²) in [5.41, 5.74) is 0.778. The predicted octanol–water partition coefficient (Wildman–Crippen LogP) is 2.05. The standard InChI is InChI=1S/C13H19N3O4S/c1-20-6-10-7-21-13(15-10)16-12(19)14-9-4-2-8(3-5-9)11(17)18/h7-9H,2-6H2,1H3,(H,17,18)(H2,14,15,16,19). The van der Waals surface area contributed by atoms with Crippen LogP contribution in [0.5, 0.6) is 0 Å². The molecule has 0 spiro atoms. The highest BCUT2D eigenvalue weighted by Gasteiger charge is 2.26. The second-order valence-electron chi connectivity index (χ2n) is 5.06. The molecule has 1 aliphatic carbocycles. The van der Waals surface area contributed by atoms with E-state index in [4.69, 9.17) is 9.84 Å². The van der Waals surface area contributed by atoms with Crippen LogP contribution in [-0.2, 0) is 16.1 Å². The van der Waals surface area contributed by atoms with Crippen LogP contribution in [-0.4, -0.2) is 35.2 Å². The van der Waals surface area contributed by atoms with E-state index in [0.29, 0.717) is 37.4 Å². The fraction of sp³-hybridized carbons (Fsp3) is 0.615. The van der Waals surface area contributed by atoms with Crippen molar-refractivity contribution in [2.75, 3.05) is 12.4 Å². The molecule has 0 saturated heterocycles. The summed E-state index contributed by atoms with van der Waals surface area (Å²) < 4.78 is 4.96. The van der Waals surface area contributed by atoms with Crippen molar-refractivity contribution in [3.8, 4) is 0 Å². The number of nitrogens with zero attached hydrogens (tertiary/aromatic N) is 1. The minimum atomic E-state index is -0.744. The first-order valence-electron chi connectivity index (χ1n) is 6.82. The maximum atomic E-state index is 11.9. The summed E-state index contributed by atoms with van der Waals surface area (Å²) in [4.78, 5) is 26.9. The van der Waals surface area contributed by atoms with Crippen molar-refractivity contribution in [1.82, 2.24) is 10.3 Å². The molecule has 0 atom stereocenters. The van der Waals surface area contributed by atoms with Crippen LogP contribution >= 0.6 is 11.3 Å². The number of carbonyl (C=O) groups is 2. The van der Waals surface area contributed by atoms with Crippen molar-refractivity contribution in [2.24, 2.45) is 5.92 Å². The molecule has 1 saturated carbocycles. The van der Waals surface area contributed by atoms with E-state index in [0.717, 1.165) is 5.69 Å². The first kappa shape index (κ1) is 15.7. The number of carbonyl (C=O) groups excluding carboxylic acids is 1. The topological polar surface area (TPSA) is 101 Å². The second-order valence-corrected chi connectivity index (χ2v) is 5.92. The zero-order valence-corrected chi connectivity index (χ0v) is 12.6. The number of aromatic nitrogens is 1. The molecule has 8 heteroatoms. The fourth-order valence-corrected chi connectivity index (χ4v) is 3.07. The van der Waals surface area contributed by atoms with Crippen LogP contribution in [0.2, 0.25) is 0 Å². The van der Waals surface area contributed by atoms with Gasteiger partial charge in [0.25, 0.3) is 0 Å². The van der Waals surface area contributed by atoms with E-state index in [-0.39, 0.29) is 18.0 Å². The molecule has 1 aromatic rings. The Kier molecular flexibility index (Phi) is 5.51. The van der Waals surface area contributed by atoms with Crippen LogP contribution < -0.4 is 10.6 Å². The summed E-state index contributed by atoms with van der Waals surface area (Å²) in [6, 6.07) is -0.272. The fourth-order valence-electron chi connectivity index (χ4n) is 2.38. The van der Waals surface area contributed by atoms with Crippen molar-refractivity contribution < 1.29 is 19.4 Å². The molecule has 1 aliphatic rings. The number of methoxy groups -OCH3 is 1. The monoisotopic (exact) mass is 313 g/mol. The Morgan fingerprint density at radius 2 is 2.14 bits per heavy atom. The first-order valence-corrected chi connectivity index (χ1v) is 7.70. The van der Waals surface area contributed by atoms with Gasteiger partial charge in [0.1, 0.15) is 0 Å². The van der Waals surface area contributed by atoms with Crippen molar-refractivity contribution in [2.45, 2.75) is 38.3 Å². The smallest absolute Gasteiger partial charge is 0.321 e. The molecule has 0 aromatic carbocycles. The number of hydrogen-bond donors (Lipinski definition) is 3. The number of rotatable bonds is 5. The summed E-state index contributed by atoms with van der Waals surface area (Å²) in [5, 5.41) is 16.8. The second kappa shape index (κ2) is 7.37. The van der Waals surface area contributed by atoms with Crippen molar-refractivity contribution in [1.29, 1.82) is 0 Å². The highest BCUT2D eigenvalue weighted by molar-refractivity contribution is 7.13. The molecule has 1 aromatic heterocycles. The van der Waals surface area contributed by atoms with Crippen LogP contribution in [0, 0.1) is 5.92 Å². The van der Waals surface area contributed by atoms with Gasteiger partial charge in [-0.15, -0.1) is 11.3 Å². The van der Waals surface area contributed by atoms with Crippen LogP contribution in [0.25, 0.3) is 0 Å². The van der Waals surface area contributed by atoms with Crippen LogP contribution in [0.3, 0.4) is 0 Å². The Bertz CT molecular complexity index is 497. The van der Waals surface area contributed by atoms with Gasteiger partial charge in [0.2, 0.25) is 0 Å². The summed E-state index contributed by atoms with van der Waals surface area (Å²) in [6.45, 7) is 0.416. The van der Waals surface area contributed by atoms with Gasteiger partial charge in [-0.2, -0.15) is 0 Å². The molecule has 0 bridgehead atoms. The van der Waals surface area contributed by atoms with Crippen LogP contribution in [0.1, 0.15) is 31.4 Å². The molecule has 2 rings (SSSR count). The third-order valence-electron chi connectivity index (χ3n) is 3.48. The average Bonchev–Trinajstić information content (AvgIpc) is 2.87. The molecule has 0 unspecified atom stereocenters. The lowest BCUT2D eigenvalue weighted by molar-refractivity contribution is -0.142. The van der Waals surface area contributed by atoms with E-state index in [1.165, 1.54) is 11.3 Å². The molecular formula is C13H19N3O4S. The van der Waals surface area contributed by atoms with Crippen molar-refractivity contribution in [3.63, 3.8) is 0 Å². The maximum Gasteiger partial charge on any atom is 0.321 e. The SMILES string of the molecule is COCc1csc(NC(=O)NC2CCC(C(=O)O)CC2)n1. The van der Waals surface area contributed by atoms with Gasteiger partial charge < -0.3 is 15.2 Å². The summed E-state index contributed by atoms with van der Waals surface area (Å²) in [6.07, 6.45) is 2.60. The van der Waals surface area contributed by atoms with Gasteiger partial charge >= 0.3 is 12.0 Å². The number of nitrogens with one attached hydrogen (secondary N) is 2. The number of urea groups is 1. The van der Waals surface area contributed by atoms with Gasteiger partial charge in [0.05, 0.1) is 18.2 Å². The number of anilines is 1. The zero-order valence-electron chi connectivity index (χ0n) is 11.8. The minimum absolute atomic E-state index is 0.0269. The van der Waals surface area contributed by atoms with E-state index in [1.54, 1.807) is 7.11 Å². The Labute approximate surface area is 126 Å². The van der Waals surface area contributed by atoms with Crippen LogP contribution in [0.4, 0.5) is 9.93 Å². The third kappa shape index (κ3) is 4.68. The summed E-state index contributed by atoms with van der Waals surface area (Å²) in [7, 11) is 1.59. The molecule has 1 heterocycles. The van der Waals surface area contributed by atoms with Gasteiger partial charge in [0.15, 0.2) is 5.13 Å². The quantitative estimate of drug-likeness (QED) is 0.772. The summed E-state index contributed by atoms with van der Waals surface area (Å²) >= 11 is 1.34. The highest BCUT2D eigenvalue weighted by atomic mass is 32.1. The Morgan fingerprint density at radius 1 is 1.43 bits per heavy atom. The van der Waals surface area contributed by atoms with Gasteiger partial charge in [-0.05, 0) is 25.7 Å². The van der Waals surface area contributed by atoms with E-state index in [9.17, 15) is 9.59 Å². The summed E-state index contributed by atoms with van der Waals surface area (Å²) in [5.74, 6) is -1.02. The Balaban J connectivity index is 1.75. The molecule has 1 fully saturated rings. The lowest BCUT2D eigenvalue weighted by atomic mass is 9.86. The van der Waals surface area contributed by atoms with E-state index in [1.807, 2.05) is 5.38 Å². The molecule has 0 aliphatic heterocycles. The molecule has 21 heavy (non-hydrogen) atoms. The van der Waals surface area contributed by atoms with Crippen LogP contribution in [0.15, 0.2) is 5.38 Å². The van der Waals surface area contributed by atoms with E-state index < -0.39 is 5.97 Å². The lowest BCUT2D eigenvalue weighted by Crippen LogP contribution is -2.40. The van der Waals surface area contributed by atoms with E-state index in [2.05, 4.69) is 15.6 Å². The minimum Gasteiger partial charge on any atom is -0.481 e. The molecule has 3 N–H and O–H groups in total. The average molecular weight is 313 g/mol. The number of thiazole rings is 1. The van der Waals surface area contributed by atoms with Gasteiger partial charge in [-0.3, -0.25) is 10.1 Å².